The zero-order chi connectivity index (χ0) is 23.5. The van der Waals surface area contributed by atoms with E-state index in [4.69, 9.17) is 0 Å². The smallest absolute Gasteiger partial charge is 0.159 e. The van der Waals surface area contributed by atoms with Crippen LogP contribution < -0.4 is 4.90 Å². The predicted molar refractivity (Wildman–Crippen MR) is 132 cm³/mol. The molecule has 0 aliphatic carbocycles. The van der Waals surface area contributed by atoms with Gasteiger partial charge in [0.2, 0.25) is 0 Å². The first-order valence-corrected chi connectivity index (χ1v) is 11.5. The van der Waals surface area contributed by atoms with Crippen LogP contribution in [-0.2, 0) is 0 Å². The number of piperazine rings is 1. The van der Waals surface area contributed by atoms with Gasteiger partial charge in [-0.25, -0.2) is 4.98 Å². The van der Waals surface area contributed by atoms with E-state index in [0.717, 1.165) is 36.7 Å². The minimum absolute atomic E-state index is 0.0430. The number of aromatic nitrogens is 4. The van der Waals surface area contributed by atoms with Crippen LogP contribution in [0.3, 0.4) is 0 Å². The van der Waals surface area contributed by atoms with Gasteiger partial charge < -0.3 is 4.90 Å². The number of aryl methyl sites for hydroxylation is 1. The largest absolute Gasteiger partial charge is 0.352 e. The quantitative estimate of drug-likeness (QED) is 0.438. The van der Waals surface area contributed by atoms with E-state index < -0.39 is 0 Å². The molecule has 0 bridgehead atoms. The normalized spacial score (nSPS) is 17.5. The molecule has 34 heavy (non-hydrogen) atoms. The number of hydrogen-bond donors (Lipinski definition) is 1. The molecule has 7 nitrogen and oxygen atoms in total. The van der Waals surface area contributed by atoms with Gasteiger partial charge in [-0.15, -0.1) is 0 Å². The summed E-state index contributed by atoms with van der Waals surface area (Å²) in [6, 6.07) is 18.7. The lowest BCUT2D eigenvalue weighted by Crippen LogP contribution is -2.50. The molecule has 3 heterocycles. The van der Waals surface area contributed by atoms with Crippen molar-refractivity contribution in [2.24, 2.45) is 0 Å². The molecule has 0 saturated carbocycles. The van der Waals surface area contributed by atoms with Crippen molar-refractivity contribution in [2.45, 2.75) is 25.9 Å². The summed E-state index contributed by atoms with van der Waals surface area (Å²) in [4.78, 5) is 25.5. The maximum atomic E-state index is 11.9. The van der Waals surface area contributed by atoms with Crippen LogP contribution in [0.1, 0.15) is 51.7 Å². The lowest BCUT2D eigenvalue weighted by molar-refractivity contribution is 0.101. The average Bonchev–Trinajstić information content (AvgIpc) is 3.31. The minimum Gasteiger partial charge on any atom is -0.352 e. The molecule has 2 aromatic heterocycles. The predicted octanol–water partition coefficient (Wildman–Crippen LogP) is 4.36. The second-order valence-corrected chi connectivity index (χ2v) is 8.71. The summed E-state index contributed by atoms with van der Waals surface area (Å²) >= 11 is 0. The Morgan fingerprint density at radius 3 is 2.47 bits per heavy atom. The van der Waals surface area contributed by atoms with Gasteiger partial charge in [0.15, 0.2) is 5.78 Å². The Morgan fingerprint density at radius 1 is 1.03 bits per heavy atom. The molecule has 1 aliphatic heterocycles. The highest BCUT2D eigenvalue weighted by atomic mass is 16.1. The van der Waals surface area contributed by atoms with E-state index in [0.29, 0.717) is 0 Å². The van der Waals surface area contributed by atoms with Gasteiger partial charge in [0.25, 0.3) is 0 Å². The number of benzene rings is 2. The van der Waals surface area contributed by atoms with Gasteiger partial charge in [0.1, 0.15) is 5.82 Å². The number of carbonyl (C=O) groups excluding carboxylic acids is 1. The van der Waals surface area contributed by atoms with Crippen molar-refractivity contribution in [3.05, 3.63) is 107 Å². The highest BCUT2D eigenvalue weighted by Crippen LogP contribution is 2.39. The van der Waals surface area contributed by atoms with Crippen LogP contribution in [0.15, 0.2) is 79.4 Å². The Labute approximate surface area is 199 Å². The number of carbonyl (C=O) groups is 1. The average molecular weight is 453 g/mol. The number of H-pyrrole nitrogens is 1. The van der Waals surface area contributed by atoms with Crippen molar-refractivity contribution < 1.29 is 4.79 Å². The second-order valence-electron chi connectivity index (χ2n) is 8.71. The molecule has 4 aromatic rings. The number of Topliss-reactive ketones (excluding diaryl/α,β-unsaturated/α-hetero) is 1. The summed E-state index contributed by atoms with van der Waals surface area (Å²) in [5, 5.41) is 7.46. The molecule has 0 amide bonds. The third kappa shape index (κ3) is 4.34. The number of nitrogens with zero attached hydrogens (tertiary/aromatic N) is 5. The van der Waals surface area contributed by atoms with Crippen molar-refractivity contribution in [3.8, 4) is 0 Å². The summed E-state index contributed by atoms with van der Waals surface area (Å²) in [6.45, 7) is 6.11. The molecule has 2 atom stereocenters. The zero-order valence-corrected chi connectivity index (χ0v) is 19.4. The van der Waals surface area contributed by atoms with E-state index in [-0.39, 0.29) is 17.9 Å². The fourth-order valence-corrected chi connectivity index (χ4v) is 4.83. The fraction of sp³-hybridized carbons (Fsp3) is 0.259. The van der Waals surface area contributed by atoms with Crippen LogP contribution in [0.5, 0.6) is 0 Å². The monoisotopic (exact) mass is 452 g/mol. The summed E-state index contributed by atoms with van der Waals surface area (Å²) in [6.07, 6.45) is 7.20. The van der Waals surface area contributed by atoms with E-state index in [9.17, 15) is 4.79 Å². The van der Waals surface area contributed by atoms with Gasteiger partial charge in [-0.1, -0.05) is 54.6 Å². The second kappa shape index (κ2) is 9.57. The van der Waals surface area contributed by atoms with Crippen molar-refractivity contribution >= 4 is 11.6 Å². The molecule has 2 unspecified atom stereocenters. The molecule has 0 radical (unpaired) electrons. The van der Waals surface area contributed by atoms with E-state index in [1.165, 1.54) is 16.7 Å². The van der Waals surface area contributed by atoms with Gasteiger partial charge in [-0.2, -0.15) is 5.10 Å². The van der Waals surface area contributed by atoms with Crippen molar-refractivity contribution in [3.63, 3.8) is 0 Å². The summed E-state index contributed by atoms with van der Waals surface area (Å²) in [5.74, 6) is 0.952. The Morgan fingerprint density at radius 2 is 1.82 bits per heavy atom. The summed E-state index contributed by atoms with van der Waals surface area (Å²) < 4.78 is 0. The Hall–Kier alpha value is -3.84. The molecule has 1 fully saturated rings. The minimum atomic E-state index is 0.0430. The topological polar surface area (TPSA) is 78.0 Å². The van der Waals surface area contributed by atoms with E-state index in [1.54, 1.807) is 19.3 Å². The standard InChI is InChI=1S/C27H28N6O/c1-19-24(16-30-31-19)27(23-6-4-3-5-7-23)33-15-14-32(26-17-28-12-13-29-26)18-25(33)22-10-8-21(9-11-22)20(2)34/h3-13,16-17,25,27H,14-15,18H2,1-2H3,(H,30,31). The molecule has 0 spiro atoms. The number of rotatable bonds is 6. The first kappa shape index (κ1) is 22.0. The van der Waals surface area contributed by atoms with Crippen LogP contribution in [0.4, 0.5) is 5.82 Å². The van der Waals surface area contributed by atoms with Crippen molar-refractivity contribution in [1.82, 2.24) is 25.1 Å². The number of nitrogens with one attached hydrogen (secondary N) is 1. The van der Waals surface area contributed by atoms with Gasteiger partial charge in [0.05, 0.1) is 24.5 Å². The van der Waals surface area contributed by atoms with Crippen molar-refractivity contribution in [2.75, 3.05) is 24.5 Å². The Kier molecular flexibility index (Phi) is 6.18. The van der Waals surface area contributed by atoms with Crippen LogP contribution in [0.2, 0.25) is 0 Å². The first-order chi connectivity index (χ1) is 16.6. The third-order valence-electron chi connectivity index (χ3n) is 6.61. The highest BCUT2D eigenvalue weighted by Gasteiger charge is 2.36. The zero-order valence-electron chi connectivity index (χ0n) is 19.4. The van der Waals surface area contributed by atoms with Crippen LogP contribution >= 0.6 is 0 Å². The van der Waals surface area contributed by atoms with Gasteiger partial charge in [-0.05, 0) is 25.0 Å². The van der Waals surface area contributed by atoms with Gasteiger partial charge in [0, 0.05) is 48.8 Å². The molecule has 5 rings (SSSR count). The molecular formula is C27H28N6O. The Balaban J connectivity index is 1.58. The fourth-order valence-electron chi connectivity index (χ4n) is 4.83. The SMILES string of the molecule is CC(=O)c1ccc(C2CN(c3cnccn3)CCN2C(c2ccccc2)c2cn[nH]c2C)cc1. The summed E-state index contributed by atoms with van der Waals surface area (Å²) in [7, 11) is 0. The highest BCUT2D eigenvalue weighted by molar-refractivity contribution is 5.94. The third-order valence-corrected chi connectivity index (χ3v) is 6.61. The van der Waals surface area contributed by atoms with Crippen LogP contribution in [0.25, 0.3) is 0 Å². The molecule has 1 aliphatic rings. The number of hydrogen-bond acceptors (Lipinski definition) is 6. The Bertz CT molecular complexity index is 1240. The molecule has 1 N–H and O–H groups in total. The van der Waals surface area contributed by atoms with Gasteiger partial charge in [-0.3, -0.25) is 19.8 Å². The number of aromatic amines is 1. The maximum absolute atomic E-state index is 11.9. The molecule has 1 saturated heterocycles. The molecule has 172 valence electrons. The molecule has 2 aromatic carbocycles. The summed E-state index contributed by atoms with van der Waals surface area (Å²) in [5.41, 5.74) is 5.36. The van der Waals surface area contributed by atoms with E-state index in [1.807, 2.05) is 30.6 Å². The van der Waals surface area contributed by atoms with E-state index in [2.05, 4.69) is 73.3 Å². The van der Waals surface area contributed by atoms with Crippen molar-refractivity contribution in [1.29, 1.82) is 0 Å². The molecule has 7 heteroatoms. The van der Waals surface area contributed by atoms with E-state index >= 15 is 0 Å². The number of ketones is 1. The first-order valence-electron chi connectivity index (χ1n) is 11.5. The van der Waals surface area contributed by atoms with Crippen LogP contribution in [0, 0.1) is 6.92 Å². The lowest BCUT2D eigenvalue weighted by Gasteiger charge is -2.46. The number of anilines is 1. The molecular weight excluding hydrogens is 424 g/mol. The van der Waals surface area contributed by atoms with Gasteiger partial charge >= 0.3 is 0 Å². The maximum Gasteiger partial charge on any atom is 0.159 e. The van der Waals surface area contributed by atoms with Crippen LogP contribution in [-0.4, -0.2) is 50.5 Å². The lowest BCUT2D eigenvalue weighted by atomic mass is 9.92.